The lowest BCUT2D eigenvalue weighted by Gasteiger charge is -2.05. The number of hydrogen-bond donors (Lipinski definition) is 2. The first-order chi connectivity index (χ1) is 6.09. The van der Waals surface area contributed by atoms with E-state index in [1.165, 1.54) is 12.4 Å². The van der Waals surface area contributed by atoms with Gasteiger partial charge in [-0.1, -0.05) is 6.92 Å². The molecule has 13 heavy (non-hydrogen) atoms. The number of H-pyrrole nitrogens is 1. The number of carbonyl (C=O) groups is 1. The molecule has 0 aliphatic rings. The fraction of sp³-hybridized carbons (Fsp3) is 0.375. The van der Waals surface area contributed by atoms with Crippen LogP contribution in [0, 0.1) is 0 Å². The van der Waals surface area contributed by atoms with Crippen LogP contribution >= 0.6 is 0 Å². The predicted molar refractivity (Wildman–Crippen MR) is 45.5 cm³/mol. The van der Waals surface area contributed by atoms with Crippen LogP contribution in [0.25, 0.3) is 0 Å². The molecule has 1 atom stereocenters. The molecule has 0 spiro atoms. The number of rotatable bonds is 3. The number of nitrogens with one attached hydrogen (secondary N) is 1. The molecule has 0 saturated carbocycles. The van der Waals surface area contributed by atoms with E-state index in [1.807, 2.05) is 0 Å². The van der Waals surface area contributed by atoms with Gasteiger partial charge in [0.25, 0.3) is 5.56 Å². The summed E-state index contributed by atoms with van der Waals surface area (Å²) >= 11 is 0. The first-order valence-electron chi connectivity index (χ1n) is 3.86. The van der Waals surface area contributed by atoms with Crippen LogP contribution in [-0.4, -0.2) is 21.0 Å². The number of carboxylic acid groups (broad SMARTS) is 1. The lowest BCUT2D eigenvalue weighted by atomic mass is 10.0. The number of nitrogens with zero attached hydrogens (tertiary/aromatic N) is 1. The third-order valence-electron chi connectivity index (χ3n) is 1.69. The van der Waals surface area contributed by atoms with E-state index in [4.69, 9.17) is 5.11 Å². The van der Waals surface area contributed by atoms with Crippen molar-refractivity contribution >= 4 is 5.97 Å². The molecule has 0 aromatic carbocycles. The van der Waals surface area contributed by atoms with Crippen LogP contribution in [-0.2, 0) is 4.79 Å². The first-order valence-corrected chi connectivity index (χ1v) is 3.86. The molecular formula is C8H10N2O3. The van der Waals surface area contributed by atoms with Gasteiger partial charge in [-0.2, -0.15) is 0 Å². The second-order valence-corrected chi connectivity index (χ2v) is 2.83. The molecule has 1 aromatic rings. The number of aliphatic carboxylic acids is 1. The highest BCUT2D eigenvalue weighted by atomic mass is 16.4. The zero-order valence-corrected chi connectivity index (χ0v) is 7.15. The summed E-state index contributed by atoms with van der Waals surface area (Å²) in [6.07, 6.45) is 1.26. The second kappa shape index (κ2) is 3.84. The Balaban J connectivity index is 2.82. The Labute approximate surface area is 74.4 Å². The highest BCUT2D eigenvalue weighted by molar-refractivity contribution is 5.67. The average molecular weight is 182 g/mol. The molecule has 0 saturated heterocycles. The van der Waals surface area contributed by atoms with Crippen molar-refractivity contribution in [1.29, 1.82) is 0 Å². The number of carboxylic acids is 1. The molecule has 2 N–H and O–H groups in total. The van der Waals surface area contributed by atoms with E-state index >= 15 is 0 Å². The summed E-state index contributed by atoms with van der Waals surface area (Å²) < 4.78 is 0. The van der Waals surface area contributed by atoms with Crippen molar-refractivity contribution < 1.29 is 9.90 Å². The molecule has 0 aliphatic heterocycles. The second-order valence-electron chi connectivity index (χ2n) is 2.83. The summed E-state index contributed by atoms with van der Waals surface area (Å²) in [5.74, 6) is -1.13. The third kappa shape index (κ3) is 2.70. The minimum absolute atomic E-state index is 0.0174. The van der Waals surface area contributed by atoms with Crippen LogP contribution < -0.4 is 5.56 Å². The van der Waals surface area contributed by atoms with Gasteiger partial charge in [0.05, 0.1) is 18.4 Å². The molecule has 5 nitrogen and oxygen atoms in total. The van der Waals surface area contributed by atoms with Crippen LogP contribution in [0.15, 0.2) is 17.2 Å². The standard InChI is InChI=1S/C8H10N2O3/c1-5(2-8(12)13)6-3-7(11)10-4-9-6/h3-5H,2H2,1H3,(H,12,13)(H,9,10,11). The molecular weight excluding hydrogens is 172 g/mol. The maximum absolute atomic E-state index is 10.8. The van der Waals surface area contributed by atoms with Gasteiger partial charge in [-0.3, -0.25) is 9.59 Å². The van der Waals surface area contributed by atoms with Gasteiger partial charge >= 0.3 is 5.97 Å². The SMILES string of the molecule is CC(CC(=O)O)c1cc(=O)[nH]cn1. The van der Waals surface area contributed by atoms with Crippen molar-refractivity contribution in [2.45, 2.75) is 19.3 Å². The monoisotopic (exact) mass is 182 g/mol. The fourth-order valence-electron chi connectivity index (χ4n) is 1.02. The van der Waals surface area contributed by atoms with Crippen molar-refractivity contribution in [3.8, 4) is 0 Å². The van der Waals surface area contributed by atoms with E-state index in [0.717, 1.165) is 0 Å². The minimum atomic E-state index is -0.894. The van der Waals surface area contributed by atoms with E-state index in [-0.39, 0.29) is 17.9 Å². The van der Waals surface area contributed by atoms with Gasteiger partial charge in [0.2, 0.25) is 0 Å². The summed E-state index contributed by atoms with van der Waals surface area (Å²) in [7, 11) is 0. The minimum Gasteiger partial charge on any atom is -0.481 e. The Morgan fingerprint density at radius 2 is 2.46 bits per heavy atom. The molecule has 0 fully saturated rings. The van der Waals surface area contributed by atoms with Gasteiger partial charge in [0.1, 0.15) is 0 Å². The Bertz CT molecular complexity index is 358. The fourth-order valence-corrected chi connectivity index (χ4v) is 1.02. The first kappa shape index (κ1) is 9.44. The Kier molecular flexibility index (Phi) is 2.79. The molecule has 5 heteroatoms. The quantitative estimate of drug-likeness (QED) is 0.706. The molecule has 70 valence electrons. The Morgan fingerprint density at radius 1 is 1.77 bits per heavy atom. The van der Waals surface area contributed by atoms with E-state index in [2.05, 4.69) is 9.97 Å². The molecule has 0 aliphatic carbocycles. The number of aromatic amines is 1. The van der Waals surface area contributed by atoms with E-state index in [1.54, 1.807) is 6.92 Å². The maximum Gasteiger partial charge on any atom is 0.304 e. The largest absolute Gasteiger partial charge is 0.481 e. The molecule has 1 aromatic heterocycles. The predicted octanol–water partition coefficient (Wildman–Crippen LogP) is 0.348. The zero-order chi connectivity index (χ0) is 9.84. The summed E-state index contributed by atoms with van der Waals surface area (Å²) in [5, 5.41) is 8.50. The molecule has 1 rings (SSSR count). The van der Waals surface area contributed by atoms with E-state index < -0.39 is 5.97 Å². The Morgan fingerprint density at radius 3 is 3.00 bits per heavy atom. The zero-order valence-electron chi connectivity index (χ0n) is 7.15. The topological polar surface area (TPSA) is 83.0 Å². The summed E-state index contributed by atoms with van der Waals surface area (Å²) in [5.41, 5.74) is 0.244. The molecule has 0 amide bonds. The molecule has 1 unspecified atom stereocenters. The molecule has 0 radical (unpaired) electrons. The number of hydrogen-bond acceptors (Lipinski definition) is 3. The van der Waals surface area contributed by atoms with Crippen LogP contribution in [0.1, 0.15) is 25.0 Å². The molecule has 1 heterocycles. The van der Waals surface area contributed by atoms with Crippen LogP contribution in [0.4, 0.5) is 0 Å². The van der Waals surface area contributed by atoms with Crippen molar-refractivity contribution in [2.75, 3.05) is 0 Å². The van der Waals surface area contributed by atoms with Gasteiger partial charge in [0.15, 0.2) is 0 Å². The Hall–Kier alpha value is -1.65. The van der Waals surface area contributed by atoms with Crippen molar-refractivity contribution in [3.05, 3.63) is 28.4 Å². The van der Waals surface area contributed by atoms with Crippen molar-refractivity contribution in [1.82, 2.24) is 9.97 Å². The smallest absolute Gasteiger partial charge is 0.304 e. The summed E-state index contributed by atoms with van der Waals surface area (Å²) in [6, 6.07) is 1.31. The van der Waals surface area contributed by atoms with Crippen LogP contribution in [0.3, 0.4) is 0 Å². The van der Waals surface area contributed by atoms with Gasteiger partial charge in [-0.15, -0.1) is 0 Å². The number of aromatic nitrogens is 2. The lowest BCUT2D eigenvalue weighted by molar-refractivity contribution is -0.137. The third-order valence-corrected chi connectivity index (χ3v) is 1.69. The molecule has 0 bridgehead atoms. The highest BCUT2D eigenvalue weighted by Crippen LogP contribution is 2.13. The normalized spacial score (nSPS) is 12.4. The van der Waals surface area contributed by atoms with Crippen molar-refractivity contribution in [3.63, 3.8) is 0 Å². The van der Waals surface area contributed by atoms with Crippen LogP contribution in [0.2, 0.25) is 0 Å². The summed E-state index contributed by atoms with van der Waals surface area (Å²) in [4.78, 5) is 27.4. The van der Waals surface area contributed by atoms with E-state index in [9.17, 15) is 9.59 Å². The average Bonchev–Trinajstić information content (AvgIpc) is 2.03. The summed E-state index contributed by atoms with van der Waals surface area (Å²) in [6.45, 7) is 1.72. The van der Waals surface area contributed by atoms with Crippen LogP contribution in [0.5, 0.6) is 0 Å². The highest BCUT2D eigenvalue weighted by Gasteiger charge is 2.11. The van der Waals surface area contributed by atoms with Gasteiger partial charge in [-0.25, -0.2) is 4.98 Å². The van der Waals surface area contributed by atoms with E-state index in [0.29, 0.717) is 5.69 Å². The van der Waals surface area contributed by atoms with Gasteiger partial charge in [-0.05, 0) is 0 Å². The maximum atomic E-state index is 10.8. The van der Waals surface area contributed by atoms with Gasteiger partial charge in [0, 0.05) is 12.0 Å². The lowest BCUT2D eigenvalue weighted by Crippen LogP contribution is -2.11. The van der Waals surface area contributed by atoms with Gasteiger partial charge < -0.3 is 10.1 Å². The van der Waals surface area contributed by atoms with Crippen molar-refractivity contribution in [2.24, 2.45) is 0 Å².